The molecule has 1 fully saturated rings. The lowest BCUT2D eigenvalue weighted by Crippen LogP contribution is -2.56. The summed E-state index contributed by atoms with van der Waals surface area (Å²) >= 11 is 0. The van der Waals surface area contributed by atoms with Crippen molar-refractivity contribution < 1.29 is 9.90 Å². The van der Waals surface area contributed by atoms with Gasteiger partial charge in [0.15, 0.2) is 5.78 Å². The first-order valence-electron chi connectivity index (χ1n) is 3.63. The van der Waals surface area contributed by atoms with E-state index in [2.05, 4.69) is 0 Å². The summed E-state index contributed by atoms with van der Waals surface area (Å²) in [5.74, 6) is 0.000000000000000222. The van der Waals surface area contributed by atoms with E-state index in [-0.39, 0.29) is 11.2 Å². The molecule has 58 valence electrons. The summed E-state index contributed by atoms with van der Waals surface area (Å²) in [6.45, 7) is 5.68. The molecule has 1 aliphatic carbocycles. The minimum atomic E-state index is -1.02. The number of carbonyl (C=O) groups is 1. The van der Waals surface area contributed by atoms with E-state index in [9.17, 15) is 9.90 Å². The summed E-state index contributed by atoms with van der Waals surface area (Å²) in [5.41, 5.74) is -1.31. The minimum absolute atomic E-state index is 0.000000000000000222. The highest BCUT2D eigenvalue weighted by molar-refractivity contribution is 5.93. The number of aliphatic hydroxyl groups is 1. The fourth-order valence-electron chi connectivity index (χ4n) is 1.26. The molecule has 2 nitrogen and oxygen atoms in total. The number of hydrogen-bond acceptors (Lipinski definition) is 2. The van der Waals surface area contributed by atoms with Gasteiger partial charge in [0.1, 0.15) is 5.60 Å². The molecule has 10 heavy (non-hydrogen) atoms. The van der Waals surface area contributed by atoms with E-state index in [1.54, 1.807) is 0 Å². The average Bonchev–Trinajstić information content (AvgIpc) is 1.80. The first kappa shape index (κ1) is 7.73. The van der Waals surface area contributed by atoms with Gasteiger partial charge in [0.05, 0.1) is 0 Å². The third-order valence-electron chi connectivity index (χ3n) is 2.42. The second-order valence-electron chi connectivity index (χ2n) is 4.03. The largest absolute Gasteiger partial charge is 0.382 e. The summed E-state index contributed by atoms with van der Waals surface area (Å²) < 4.78 is 0. The maximum atomic E-state index is 10.9. The van der Waals surface area contributed by atoms with Crippen molar-refractivity contribution in [2.45, 2.75) is 39.2 Å². The Morgan fingerprint density at radius 2 is 2.00 bits per heavy atom. The molecule has 1 N–H and O–H groups in total. The van der Waals surface area contributed by atoms with Gasteiger partial charge in [-0.15, -0.1) is 0 Å². The highest BCUT2D eigenvalue weighted by atomic mass is 16.3. The Kier molecular flexibility index (Phi) is 1.40. The topological polar surface area (TPSA) is 37.3 Å². The molecule has 0 saturated heterocycles. The zero-order valence-corrected chi connectivity index (χ0v) is 6.77. The van der Waals surface area contributed by atoms with Crippen LogP contribution < -0.4 is 0 Å². The van der Waals surface area contributed by atoms with E-state index in [0.717, 1.165) is 0 Å². The predicted octanol–water partition coefficient (Wildman–Crippen LogP) is 1.13. The van der Waals surface area contributed by atoms with E-state index in [1.807, 2.05) is 20.8 Å². The molecule has 1 atom stereocenters. The molecular weight excluding hydrogens is 128 g/mol. The normalized spacial score (nSPS) is 33.8. The lowest BCUT2D eigenvalue weighted by molar-refractivity contribution is -0.167. The SMILES string of the molecule is CC(C)(C)C1(O)CCC1=O. The van der Waals surface area contributed by atoms with Crippen molar-refractivity contribution in [1.29, 1.82) is 0 Å². The molecule has 0 aromatic rings. The van der Waals surface area contributed by atoms with Gasteiger partial charge in [-0.05, 0) is 11.8 Å². The number of hydrogen-bond donors (Lipinski definition) is 1. The second kappa shape index (κ2) is 1.82. The van der Waals surface area contributed by atoms with Gasteiger partial charge in [-0.1, -0.05) is 20.8 Å². The Labute approximate surface area is 61.2 Å². The van der Waals surface area contributed by atoms with E-state index in [0.29, 0.717) is 12.8 Å². The molecule has 1 rings (SSSR count). The Balaban J connectivity index is 2.80. The van der Waals surface area contributed by atoms with Crippen LogP contribution in [0.3, 0.4) is 0 Å². The van der Waals surface area contributed by atoms with Gasteiger partial charge in [0.25, 0.3) is 0 Å². The summed E-state index contributed by atoms with van der Waals surface area (Å²) in [6.07, 6.45) is 1.18. The number of carbonyl (C=O) groups excluding carboxylic acids is 1. The van der Waals surface area contributed by atoms with E-state index < -0.39 is 5.60 Å². The fraction of sp³-hybridized carbons (Fsp3) is 0.875. The lowest BCUT2D eigenvalue weighted by atomic mass is 9.63. The fourth-order valence-corrected chi connectivity index (χ4v) is 1.26. The smallest absolute Gasteiger partial charge is 0.165 e. The molecule has 0 bridgehead atoms. The Hall–Kier alpha value is -0.370. The Morgan fingerprint density at radius 1 is 1.50 bits per heavy atom. The molecule has 0 aromatic heterocycles. The molecule has 0 aliphatic heterocycles. The van der Waals surface area contributed by atoms with Crippen LogP contribution in [-0.2, 0) is 4.79 Å². The Morgan fingerprint density at radius 3 is 2.00 bits per heavy atom. The van der Waals surface area contributed by atoms with Crippen molar-refractivity contribution in [2.24, 2.45) is 5.41 Å². The van der Waals surface area contributed by atoms with Gasteiger partial charge in [0, 0.05) is 6.42 Å². The molecular formula is C8H14O2. The third-order valence-corrected chi connectivity index (χ3v) is 2.42. The van der Waals surface area contributed by atoms with Crippen LogP contribution in [-0.4, -0.2) is 16.5 Å². The molecule has 0 amide bonds. The zero-order chi connectivity index (χ0) is 7.99. The van der Waals surface area contributed by atoms with Crippen molar-refractivity contribution in [3.8, 4) is 0 Å². The molecule has 2 heteroatoms. The molecule has 1 aliphatic rings. The first-order valence-corrected chi connectivity index (χ1v) is 3.63. The standard InChI is InChI=1S/C8H14O2/c1-7(2,3)8(10)5-4-6(8)9/h10H,4-5H2,1-3H3. The van der Waals surface area contributed by atoms with Crippen LogP contribution in [0.1, 0.15) is 33.6 Å². The van der Waals surface area contributed by atoms with Gasteiger partial charge in [-0.25, -0.2) is 0 Å². The van der Waals surface area contributed by atoms with Gasteiger partial charge < -0.3 is 5.11 Å². The van der Waals surface area contributed by atoms with E-state index in [1.165, 1.54) is 0 Å². The highest BCUT2D eigenvalue weighted by Gasteiger charge is 2.52. The van der Waals surface area contributed by atoms with E-state index in [4.69, 9.17) is 0 Å². The summed E-state index contributed by atoms with van der Waals surface area (Å²) in [5, 5.41) is 9.67. The zero-order valence-electron chi connectivity index (χ0n) is 6.77. The van der Waals surface area contributed by atoms with Crippen LogP contribution in [0.25, 0.3) is 0 Å². The molecule has 0 aromatic carbocycles. The van der Waals surface area contributed by atoms with Gasteiger partial charge >= 0.3 is 0 Å². The highest BCUT2D eigenvalue weighted by Crippen LogP contribution is 2.42. The van der Waals surface area contributed by atoms with Gasteiger partial charge in [0.2, 0.25) is 0 Å². The van der Waals surface area contributed by atoms with Crippen LogP contribution in [0.4, 0.5) is 0 Å². The maximum absolute atomic E-state index is 10.9. The molecule has 0 spiro atoms. The maximum Gasteiger partial charge on any atom is 0.165 e. The molecule has 0 radical (unpaired) electrons. The predicted molar refractivity (Wildman–Crippen MR) is 38.6 cm³/mol. The summed E-state index contributed by atoms with van der Waals surface area (Å²) in [4.78, 5) is 10.9. The monoisotopic (exact) mass is 142 g/mol. The van der Waals surface area contributed by atoms with Gasteiger partial charge in [-0.3, -0.25) is 4.79 Å². The number of ketones is 1. The minimum Gasteiger partial charge on any atom is -0.382 e. The molecule has 0 heterocycles. The van der Waals surface area contributed by atoms with Crippen molar-refractivity contribution in [2.75, 3.05) is 0 Å². The summed E-state index contributed by atoms with van der Waals surface area (Å²) in [7, 11) is 0. The van der Waals surface area contributed by atoms with E-state index >= 15 is 0 Å². The van der Waals surface area contributed by atoms with Crippen molar-refractivity contribution in [3.63, 3.8) is 0 Å². The van der Waals surface area contributed by atoms with Crippen LogP contribution in [0, 0.1) is 5.41 Å². The number of Topliss-reactive ketones (excluding diaryl/α,β-unsaturated/α-hetero) is 1. The van der Waals surface area contributed by atoms with Crippen molar-refractivity contribution in [1.82, 2.24) is 0 Å². The van der Waals surface area contributed by atoms with Crippen molar-refractivity contribution >= 4 is 5.78 Å². The molecule has 1 saturated carbocycles. The van der Waals surface area contributed by atoms with Crippen LogP contribution >= 0.6 is 0 Å². The number of rotatable bonds is 0. The quantitative estimate of drug-likeness (QED) is 0.550. The van der Waals surface area contributed by atoms with Crippen molar-refractivity contribution in [3.05, 3.63) is 0 Å². The van der Waals surface area contributed by atoms with Crippen LogP contribution in [0.5, 0.6) is 0 Å². The average molecular weight is 142 g/mol. The molecule has 1 unspecified atom stereocenters. The second-order valence-corrected chi connectivity index (χ2v) is 4.03. The van der Waals surface area contributed by atoms with Crippen LogP contribution in [0.15, 0.2) is 0 Å². The Bertz CT molecular complexity index is 167. The van der Waals surface area contributed by atoms with Gasteiger partial charge in [-0.2, -0.15) is 0 Å². The van der Waals surface area contributed by atoms with Crippen LogP contribution in [0.2, 0.25) is 0 Å². The lowest BCUT2D eigenvalue weighted by Gasteiger charge is -2.45. The summed E-state index contributed by atoms with van der Waals surface area (Å²) in [6, 6.07) is 0. The third kappa shape index (κ3) is 0.788. The first-order chi connectivity index (χ1) is 4.38.